The average Bonchev–Trinajstić information content (AvgIpc) is 3.64. The highest BCUT2D eigenvalue weighted by molar-refractivity contribution is 5.98. The number of hydrogen-bond acceptors (Lipinski definition) is 3. The number of pyridine rings is 1. The van der Waals surface area contributed by atoms with E-state index in [1.54, 1.807) is 60.2 Å². The Balaban J connectivity index is 1.56. The zero-order valence-corrected chi connectivity index (χ0v) is 21.6. The maximum absolute atomic E-state index is 13.9. The summed E-state index contributed by atoms with van der Waals surface area (Å²) in [7, 11) is 1.42. The highest BCUT2D eigenvalue weighted by Crippen LogP contribution is 2.45. The van der Waals surface area contributed by atoms with Crippen molar-refractivity contribution in [1.29, 1.82) is 5.41 Å². The van der Waals surface area contributed by atoms with Gasteiger partial charge in [-0.05, 0) is 90.3 Å². The average molecular weight is 537 g/mol. The van der Waals surface area contributed by atoms with E-state index in [1.807, 2.05) is 0 Å². The molecule has 4 aromatic rings. The second kappa shape index (κ2) is 10.3. The Morgan fingerprint density at radius 1 is 1.13 bits per heavy atom. The number of aromatic nitrogens is 3. The lowest BCUT2D eigenvalue weighted by atomic mass is 9.86. The van der Waals surface area contributed by atoms with Crippen molar-refractivity contribution in [3.63, 3.8) is 0 Å². The summed E-state index contributed by atoms with van der Waals surface area (Å²) in [5.74, 6) is -0.293. The number of alkyl halides is 3. The minimum Gasteiger partial charge on any atom is -0.329 e. The molecule has 2 heterocycles. The molecule has 0 spiro atoms. The number of nitrogens with one attached hydrogen (secondary N) is 1. The maximum Gasteiger partial charge on any atom is 0.435 e. The Hall–Kier alpha value is -4.01. The van der Waals surface area contributed by atoms with Gasteiger partial charge < -0.3 is 4.57 Å². The van der Waals surface area contributed by atoms with Crippen molar-refractivity contribution in [3.05, 3.63) is 106 Å². The number of carbonyl (C=O) groups is 1. The SMILES string of the molecule is Cc1cc([C@@H](CC(=O)c2cc(Cn3ccccc3=N)cc(-c3cn(C)nc3C(F)(F)F)c2)C2CC2)ccc1F. The maximum atomic E-state index is 13.9. The smallest absolute Gasteiger partial charge is 0.329 e. The number of ketones is 1. The van der Waals surface area contributed by atoms with Gasteiger partial charge in [0, 0.05) is 43.5 Å². The summed E-state index contributed by atoms with van der Waals surface area (Å²) in [5, 5.41) is 11.8. The van der Waals surface area contributed by atoms with E-state index in [0.29, 0.717) is 22.6 Å². The van der Waals surface area contributed by atoms with Crippen LogP contribution in [0.1, 0.15) is 57.9 Å². The lowest BCUT2D eigenvalue weighted by Gasteiger charge is -2.18. The van der Waals surface area contributed by atoms with Crippen molar-refractivity contribution >= 4 is 5.78 Å². The number of rotatable bonds is 8. The normalized spacial score (nSPS) is 14.4. The van der Waals surface area contributed by atoms with Gasteiger partial charge in [0.25, 0.3) is 0 Å². The molecule has 1 N–H and O–H groups in total. The van der Waals surface area contributed by atoms with E-state index in [9.17, 15) is 22.4 Å². The number of hydrogen-bond donors (Lipinski definition) is 1. The third-order valence-corrected chi connectivity index (χ3v) is 7.22. The van der Waals surface area contributed by atoms with Gasteiger partial charge in [0.15, 0.2) is 11.5 Å². The fourth-order valence-corrected chi connectivity index (χ4v) is 5.09. The summed E-state index contributed by atoms with van der Waals surface area (Å²) in [6.07, 6.45) is 0.455. The molecule has 1 atom stereocenters. The van der Waals surface area contributed by atoms with Crippen molar-refractivity contribution in [2.24, 2.45) is 13.0 Å². The van der Waals surface area contributed by atoms with Crippen LogP contribution >= 0.6 is 0 Å². The van der Waals surface area contributed by atoms with E-state index in [1.165, 1.54) is 25.4 Å². The van der Waals surface area contributed by atoms with E-state index < -0.39 is 11.9 Å². The topological polar surface area (TPSA) is 63.7 Å². The van der Waals surface area contributed by atoms with Gasteiger partial charge in [-0.15, -0.1) is 0 Å². The number of halogens is 4. The molecule has 1 saturated carbocycles. The largest absolute Gasteiger partial charge is 0.435 e. The van der Waals surface area contributed by atoms with Gasteiger partial charge in [0.1, 0.15) is 11.3 Å². The van der Waals surface area contributed by atoms with Gasteiger partial charge in [-0.25, -0.2) is 4.39 Å². The van der Waals surface area contributed by atoms with E-state index >= 15 is 0 Å². The van der Waals surface area contributed by atoms with Gasteiger partial charge >= 0.3 is 6.18 Å². The first kappa shape index (κ1) is 26.6. The van der Waals surface area contributed by atoms with Gasteiger partial charge in [-0.2, -0.15) is 18.3 Å². The van der Waals surface area contributed by atoms with E-state index in [-0.39, 0.29) is 47.1 Å². The highest BCUT2D eigenvalue weighted by Gasteiger charge is 2.38. The predicted octanol–water partition coefficient (Wildman–Crippen LogP) is 6.65. The van der Waals surface area contributed by atoms with Crippen molar-refractivity contribution in [3.8, 4) is 11.1 Å². The third-order valence-electron chi connectivity index (χ3n) is 7.22. The van der Waals surface area contributed by atoms with Crippen LogP contribution in [0.25, 0.3) is 11.1 Å². The molecular formula is C30H28F4N4O. The molecular weight excluding hydrogens is 508 g/mol. The summed E-state index contributed by atoms with van der Waals surface area (Å²) in [6.45, 7) is 1.90. The third kappa shape index (κ3) is 5.87. The minimum absolute atomic E-state index is 0.101. The molecule has 9 heteroatoms. The predicted molar refractivity (Wildman–Crippen MR) is 139 cm³/mol. The number of nitrogens with zero attached hydrogens (tertiary/aromatic N) is 3. The highest BCUT2D eigenvalue weighted by atomic mass is 19.4. The van der Waals surface area contributed by atoms with Gasteiger partial charge in [-0.1, -0.05) is 18.2 Å². The molecule has 1 aliphatic rings. The van der Waals surface area contributed by atoms with Crippen LogP contribution in [0.5, 0.6) is 0 Å². The van der Waals surface area contributed by atoms with E-state index in [2.05, 4.69) is 5.10 Å². The van der Waals surface area contributed by atoms with Crippen molar-refractivity contribution in [2.75, 3.05) is 0 Å². The molecule has 0 unspecified atom stereocenters. The molecule has 1 aliphatic carbocycles. The Bertz CT molecular complexity index is 1600. The van der Waals surface area contributed by atoms with Crippen molar-refractivity contribution in [1.82, 2.24) is 14.3 Å². The molecule has 5 nitrogen and oxygen atoms in total. The zero-order chi connectivity index (χ0) is 27.9. The molecule has 2 aromatic heterocycles. The molecule has 2 aromatic carbocycles. The second-order valence-corrected chi connectivity index (χ2v) is 10.3. The van der Waals surface area contributed by atoms with E-state index in [4.69, 9.17) is 5.41 Å². The van der Waals surface area contributed by atoms with Crippen LogP contribution in [0.4, 0.5) is 17.6 Å². The summed E-state index contributed by atoms with van der Waals surface area (Å²) < 4.78 is 58.1. The lowest BCUT2D eigenvalue weighted by Crippen LogP contribution is -2.19. The summed E-state index contributed by atoms with van der Waals surface area (Å²) in [5.41, 5.74) is 1.63. The summed E-state index contributed by atoms with van der Waals surface area (Å²) >= 11 is 0. The van der Waals surface area contributed by atoms with Crippen LogP contribution in [-0.4, -0.2) is 20.1 Å². The van der Waals surface area contributed by atoms with Crippen LogP contribution in [0.3, 0.4) is 0 Å². The van der Waals surface area contributed by atoms with Crippen LogP contribution in [0.2, 0.25) is 0 Å². The number of carbonyl (C=O) groups excluding carboxylic acids is 1. The molecule has 0 bridgehead atoms. The Morgan fingerprint density at radius 3 is 2.56 bits per heavy atom. The first-order valence-corrected chi connectivity index (χ1v) is 12.7. The van der Waals surface area contributed by atoms with Crippen LogP contribution in [-0.2, 0) is 19.8 Å². The van der Waals surface area contributed by atoms with Gasteiger partial charge in [-0.3, -0.25) is 14.9 Å². The first-order valence-electron chi connectivity index (χ1n) is 12.7. The standard InChI is InChI=1S/C30H28F4N4O/c1-18-11-21(8-9-26(18)31)24(20-6-7-20)15-27(39)23-13-19(16-38-10-4-3-5-28(38)35)12-22(14-23)25-17-37(2)36-29(25)30(32,33)34/h3-5,8-14,17,20,24,35H,6-7,15-16H2,1-2H3/t24-/m0/s1. The van der Waals surface area contributed by atoms with Gasteiger partial charge in [0.05, 0.1) is 0 Å². The number of aryl methyl sites for hydroxylation is 2. The number of benzene rings is 2. The molecule has 0 aliphatic heterocycles. The zero-order valence-electron chi connectivity index (χ0n) is 21.6. The lowest BCUT2D eigenvalue weighted by molar-refractivity contribution is -0.140. The number of Topliss-reactive ketones (excluding diaryl/α,β-unsaturated/α-hetero) is 1. The molecule has 5 rings (SSSR count). The van der Waals surface area contributed by atoms with Crippen LogP contribution in [0, 0.1) is 24.1 Å². The summed E-state index contributed by atoms with van der Waals surface area (Å²) in [6, 6.07) is 14.8. The fourth-order valence-electron chi connectivity index (χ4n) is 5.09. The molecule has 0 amide bonds. The fraction of sp³-hybridized carbons (Fsp3) is 0.300. The Morgan fingerprint density at radius 2 is 1.90 bits per heavy atom. The van der Waals surface area contributed by atoms with Gasteiger partial charge in [0.2, 0.25) is 0 Å². The molecule has 39 heavy (non-hydrogen) atoms. The molecule has 0 radical (unpaired) electrons. The van der Waals surface area contributed by atoms with Crippen molar-refractivity contribution in [2.45, 2.75) is 44.8 Å². The quantitative estimate of drug-likeness (QED) is 0.202. The minimum atomic E-state index is -4.67. The molecule has 1 fully saturated rings. The molecule has 202 valence electrons. The molecule has 0 saturated heterocycles. The first-order chi connectivity index (χ1) is 18.5. The van der Waals surface area contributed by atoms with Crippen molar-refractivity contribution < 1.29 is 22.4 Å². The van der Waals surface area contributed by atoms with Crippen LogP contribution in [0.15, 0.2) is 67.0 Å². The van der Waals surface area contributed by atoms with Crippen LogP contribution < -0.4 is 5.49 Å². The second-order valence-electron chi connectivity index (χ2n) is 10.3. The summed E-state index contributed by atoms with van der Waals surface area (Å²) in [4.78, 5) is 13.7. The Kier molecular flexibility index (Phi) is 7.01. The monoisotopic (exact) mass is 536 g/mol. The Labute approximate surface area is 223 Å². The van der Waals surface area contributed by atoms with E-state index in [0.717, 1.165) is 23.1 Å².